The van der Waals surface area contributed by atoms with Gasteiger partial charge in [0.05, 0.1) is 11.7 Å². The molecule has 0 bridgehead atoms. The number of amides is 1. The molecule has 4 nitrogen and oxygen atoms in total. The van der Waals surface area contributed by atoms with Crippen LogP contribution >= 0.6 is 0 Å². The minimum atomic E-state index is -0.167. The van der Waals surface area contributed by atoms with Gasteiger partial charge in [-0.3, -0.25) is 4.79 Å². The zero-order valence-corrected chi connectivity index (χ0v) is 22.4. The first kappa shape index (κ1) is 27.9. The van der Waals surface area contributed by atoms with Crippen LogP contribution in [0, 0.1) is 0 Å². The number of benzene rings is 2. The highest BCUT2D eigenvalue weighted by atomic mass is 16.5. The van der Waals surface area contributed by atoms with Crippen molar-refractivity contribution in [1.82, 2.24) is 4.90 Å². The molecule has 1 saturated heterocycles. The predicted molar refractivity (Wildman–Crippen MR) is 141 cm³/mol. The lowest BCUT2D eigenvalue weighted by atomic mass is 9.67. The number of carbonyl (C=O) groups is 1. The Kier molecular flexibility index (Phi) is 10.6. The maximum Gasteiger partial charge on any atom is 0.222 e. The van der Waals surface area contributed by atoms with Crippen molar-refractivity contribution in [3.63, 3.8) is 0 Å². The highest BCUT2D eigenvalue weighted by molar-refractivity contribution is 5.75. The third-order valence-electron chi connectivity index (χ3n) is 6.41. The lowest BCUT2D eigenvalue weighted by Crippen LogP contribution is -2.46. The first-order chi connectivity index (χ1) is 16.2. The molecule has 1 aliphatic heterocycles. The van der Waals surface area contributed by atoms with Gasteiger partial charge in [0.1, 0.15) is 5.75 Å². The fraction of sp³-hybridized carbons (Fsp3) is 0.567. The molecule has 0 saturated carbocycles. The molecule has 1 aliphatic rings. The van der Waals surface area contributed by atoms with E-state index in [1.165, 1.54) is 5.56 Å². The van der Waals surface area contributed by atoms with Crippen LogP contribution in [0.4, 0.5) is 0 Å². The highest BCUT2D eigenvalue weighted by Gasteiger charge is 2.42. The molecule has 0 aromatic heterocycles. The highest BCUT2D eigenvalue weighted by Crippen LogP contribution is 2.44. The zero-order valence-electron chi connectivity index (χ0n) is 22.4. The average molecular weight is 468 g/mol. The molecule has 2 aromatic rings. The van der Waals surface area contributed by atoms with Crippen molar-refractivity contribution in [2.75, 3.05) is 13.2 Å². The molecule has 3 rings (SSSR count). The Morgan fingerprint density at radius 2 is 1.71 bits per heavy atom. The Balaban J connectivity index is 0.00000199. The smallest absolute Gasteiger partial charge is 0.222 e. The van der Waals surface area contributed by atoms with Crippen molar-refractivity contribution in [3.05, 3.63) is 65.7 Å². The number of hydrogen-bond donors (Lipinski definition) is 0. The van der Waals surface area contributed by atoms with Crippen LogP contribution in [0.1, 0.15) is 85.3 Å². The number of ether oxygens (including phenoxy) is 2. The van der Waals surface area contributed by atoms with Gasteiger partial charge in [0, 0.05) is 31.5 Å². The van der Waals surface area contributed by atoms with E-state index in [1.54, 1.807) is 0 Å². The van der Waals surface area contributed by atoms with Gasteiger partial charge >= 0.3 is 0 Å². The second-order valence-corrected chi connectivity index (χ2v) is 9.91. The van der Waals surface area contributed by atoms with Crippen LogP contribution in [0.5, 0.6) is 5.75 Å². The molecule has 188 valence electrons. The molecule has 0 N–H and O–H groups in total. The Morgan fingerprint density at radius 1 is 1.06 bits per heavy atom. The van der Waals surface area contributed by atoms with Gasteiger partial charge in [-0.25, -0.2) is 0 Å². The van der Waals surface area contributed by atoms with Crippen molar-refractivity contribution < 1.29 is 14.3 Å². The minimum absolute atomic E-state index is 0.0181. The van der Waals surface area contributed by atoms with Gasteiger partial charge in [0.15, 0.2) is 0 Å². The van der Waals surface area contributed by atoms with Crippen molar-refractivity contribution in [2.24, 2.45) is 0 Å². The van der Waals surface area contributed by atoms with Crippen LogP contribution in [-0.4, -0.2) is 35.7 Å². The first-order valence-corrected chi connectivity index (χ1v) is 13.0. The molecule has 1 amide bonds. The lowest BCUT2D eigenvalue weighted by molar-refractivity contribution is -0.132. The van der Waals surface area contributed by atoms with Crippen molar-refractivity contribution >= 4 is 5.91 Å². The summed E-state index contributed by atoms with van der Waals surface area (Å²) in [7, 11) is 0. The van der Waals surface area contributed by atoms with Gasteiger partial charge in [-0.15, -0.1) is 0 Å². The summed E-state index contributed by atoms with van der Waals surface area (Å²) in [6.07, 6.45) is 3.54. The summed E-state index contributed by atoms with van der Waals surface area (Å²) in [6.45, 7) is 16.5. The van der Waals surface area contributed by atoms with Gasteiger partial charge < -0.3 is 14.4 Å². The first-order valence-electron chi connectivity index (χ1n) is 13.0. The Bertz CT molecular complexity index is 860. The van der Waals surface area contributed by atoms with Crippen LogP contribution < -0.4 is 4.74 Å². The van der Waals surface area contributed by atoms with Crippen LogP contribution in [0.2, 0.25) is 0 Å². The molecule has 34 heavy (non-hydrogen) atoms. The average Bonchev–Trinajstić information content (AvgIpc) is 2.83. The molecule has 0 aliphatic carbocycles. The quantitative estimate of drug-likeness (QED) is 0.393. The van der Waals surface area contributed by atoms with E-state index in [0.717, 1.165) is 43.7 Å². The summed E-state index contributed by atoms with van der Waals surface area (Å²) >= 11 is 0. The molecule has 4 heteroatoms. The third kappa shape index (κ3) is 7.87. The summed E-state index contributed by atoms with van der Waals surface area (Å²) in [5.74, 6) is 1.06. The van der Waals surface area contributed by atoms with E-state index >= 15 is 0 Å². The number of carbonyl (C=O) groups excluding carboxylic acids is 1. The van der Waals surface area contributed by atoms with E-state index in [2.05, 4.69) is 56.3 Å². The topological polar surface area (TPSA) is 38.8 Å². The van der Waals surface area contributed by atoms with Crippen LogP contribution in [0.15, 0.2) is 54.6 Å². The lowest BCUT2D eigenvalue weighted by Gasteiger charge is -2.46. The van der Waals surface area contributed by atoms with Gasteiger partial charge in [0.2, 0.25) is 5.91 Å². The molecular weight excluding hydrogens is 422 g/mol. The molecular formula is C30H45NO3. The molecule has 1 fully saturated rings. The van der Waals surface area contributed by atoms with Crippen molar-refractivity contribution in [1.29, 1.82) is 0 Å². The summed E-state index contributed by atoms with van der Waals surface area (Å²) in [5, 5.41) is 0. The Hall–Kier alpha value is -2.33. The Morgan fingerprint density at radius 3 is 2.26 bits per heavy atom. The molecule has 0 spiro atoms. The van der Waals surface area contributed by atoms with Crippen molar-refractivity contribution in [2.45, 2.75) is 97.8 Å². The normalized spacial score (nSPS) is 19.2. The third-order valence-corrected chi connectivity index (χ3v) is 6.41. The molecule has 0 radical (unpaired) electrons. The summed E-state index contributed by atoms with van der Waals surface area (Å²) in [6, 6.07) is 18.9. The summed E-state index contributed by atoms with van der Waals surface area (Å²) < 4.78 is 11.8. The standard InChI is InChI=1S/C28H39NO3.C2H6/c1-6-26(30)29(20-23-12-14-25(15-13-23)32-22(2)3)18-16-28(24-10-8-7-9-11-24)17-19-31-27(4,5)21-28;1-2/h7-15,22H,6,16-21H2,1-5H3;1-2H3. The monoisotopic (exact) mass is 467 g/mol. The molecule has 1 heterocycles. The Labute approximate surface area is 207 Å². The maximum absolute atomic E-state index is 12.8. The summed E-state index contributed by atoms with van der Waals surface area (Å²) in [4.78, 5) is 14.9. The minimum Gasteiger partial charge on any atom is -0.491 e. The van der Waals surface area contributed by atoms with E-state index in [0.29, 0.717) is 13.0 Å². The second kappa shape index (κ2) is 12.9. The van der Waals surface area contributed by atoms with E-state index in [-0.39, 0.29) is 23.0 Å². The SMILES string of the molecule is CC.CCC(=O)N(CCC1(c2ccccc2)CCOC(C)(C)C1)Cc1ccc(OC(C)C)cc1. The van der Waals surface area contributed by atoms with E-state index in [9.17, 15) is 4.79 Å². The van der Waals surface area contributed by atoms with Gasteiger partial charge in [-0.1, -0.05) is 63.2 Å². The van der Waals surface area contributed by atoms with Crippen LogP contribution in [0.3, 0.4) is 0 Å². The number of nitrogens with zero attached hydrogens (tertiary/aromatic N) is 1. The maximum atomic E-state index is 12.8. The fourth-order valence-electron chi connectivity index (χ4n) is 4.90. The zero-order chi connectivity index (χ0) is 25.2. The fourth-order valence-corrected chi connectivity index (χ4v) is 4.90. The number of hydrogen-bond acceptors (Lipinski definition) is 3. The molecule has 1 atom stereocenters. The summed E-state index contributed by atoms with van der Waals surface area (Å²) in [5.41, 5.74) is 2.34. The van der Waals surface area contributed by atoms with Gasteiger partial charge in [-0.05, 0) is 70.2 Å². The molecule has 2 aromatic carbocycles. The van der Waals surface area contributed by atoms with Crippen LogP contribution in [0.25, 0.3) is 0 Å². The van der Waals surface area contributed by atoms with Gasteiger partial charge in [-0.2, -0.15) is 0 Å². The van der Waals surface area contributed by atoms with E-state index in [4.69, 9.17) is 9.47 Å². The second-order valence-electron chi connectivity index (χ2n) is 9.91. The largest absolute Gasteiger partial charge is 0.491 e. The van der Waals surface area contributed by atoms with E-state index in [1.807, 2.05) is 51.7 Å². The predicted octanol–water partition coefficient (Wildman–Crippen LogP) is 7.16. The van der Waals surface area contributed by atoms with Crippen LogP contribution in [-0.2, 0) is 21.5 Å². The van der Waals surface area contributed by atoms with E-state index < -0.39 is 0 Å². The molecule has 1 unspecified atom stereocenters. The van der Waals surface area contributed by atoms with Gasteiger partial charge in [0.25, 0.3) is 0 Å². The van der Waals surface area contributed by atoms with Crippen molar-refractivity contribution in [3.8, 4) is 5.75 Å². The number of rotatable bonds is 9.